The van der Waals surface area contributed by atoms with Gasteiger partial charge in [0.25, 0.3) is 0 Å². The topological polar surface area (TPSA) is 55.4 Å². The molecule has 1 N–H and O–H groups in total. The minimum absolute atomic E-state index is 0.0143. The zero-order chi connectivity index (χ0) is 15.3. The Morgan fingerprint density at radius 3 is 2.65 bits per heavy atom. The predicted molar refractivity (Wildman–Crippen MR) is 73.9 cm³/mol. The maximum atomic E-state index is 13.8. The van der Waals surface area contributed by atoms with Gasteiger partial charge in [0.05, 0.1) is 6.04 Å². The van der Waals surface area contributed by atoms with E-state index in [0.717, 1.165) is 5.56 Å². The highest BCUT2D eigenvalue weighted by Gasteiger charge is 2.22. The van der Waals surface area contributed by atoms with E-state index in [0.29, 0.717) is 6.29 Å². The average molecular weight is 281 g/mol. The van der Waals surface area contributed by atoms with Crippen LogP contribution in [0.25, 0.3) is 0 Å². The van der Waals surface area contributed by atoms with Crippen LogP contribution in [0.1, 0.15) is 44.4 Å². The number of carbonyl (C=O) groups excluding carboxylic acids is 2. The summed E-state index contributed by atoms with van der Waals surface area (Å²) in [6.45, 7) is 7.01. The van der Waals surface area contributed by atoms with Crippen LogP contribution in [0.15, 0.2) is 18.2 Å². The number of hydrogen-bond acceptors (Lipinski definition) is 3. The van der Waals surface area contributed by atoms with E-state index in [1.54, 1.807) is 32.9 Å². The average Bonchev–Trinajstić information content (AvgIpc) is 2.29. The highest BCUT2D eigenvalue weighted by atomic mass is 19.1. The molecule has 0 unspecified atom stereocenters. The van der Waals surface area contributed by atoms with Crippen molar-refractivity contribution in [2.24, 2.45) is 0 Å². The van der Waals surface area contributed by atoms with Gasteiger partial charge in [-0.1, -0.05) is 17.7 Å². The number of hydrogen-bond donors (Lipinski definition) is 1. The van der Waals surface area contributed by atoms with Gasteiger partial charge in [0.15, 0.2) is 0 Å². The third kappa shape index (κ3) is 4.99. The quantitative estimate of drug-likeness (QED) is 0.862. The van der Waals surface area contributed by atoms with Crippen molar-refractivity contribution in [3.05, 3.63) is 35.1 Å². The Morgan fingerprint density at radius 2 is 2.10 bits per heavy atom. The minimum Gasteiger partial charge on any atom is -0.444 e. The van der Waals surface area contributed by atoms with Gasteiger partial charge in [-0.3, -0.25) is 0 Å². The Balaban J connectivity index is 2.91. The van der Waals surface area contributed by atoms with Gasteiger partial charge in [0.2, 0.25) is 0 Å². The van der Waals surface area contributed by atoms with Crippen LogP contribution in [0.4, 0.5) is 9.18 Å². The van der Waals surface area contributed by atoms with Crippen LogP contribution in [0.5, 0.6) is 0 Å². The molecule has 4 nitrogen and oxygen atoms in total. The number of nitrogens with one attached hydrogen (secondary N) is 1. The van der Waals surface area contributed by atoms with E-state index in [2.05, 4.69) is 5.32 Å². The predicted octanol–water partition coefficient (Wildman–Crippen LogP) is 3.29. The zero-order valence-corrected chi connectivity index (χ0v) is 12.2. The van der Waals surface area contributed by atoms with Gasteiger partial charge >= 0.3 is 6.09 Å². The second-order valence-electron chi connectivity index (χ2n) is 5.63. The number of alkyl carbamates (subject to hydrolysis) is 1. The van der Waals surface area contributed by atoms with Crippen LogP contribution in [0.2, 0.25) is 0 Å². The Hall–Kier alpha value is -1.91. The summed E-state index contributed by atoms with van der Waals surface area (Å²) in [7, 11) is 0. The maximum Gasteiger partial charge on any atom is 0.408 e. The van der Waals surface area contributed by atoms with Crippen LogP contribution in [-0.4, -0.2) is 18.0 Å². The Labute approximate surface area is 118 Å². The molecule has 0 fully saturated rings. The van der Waals surface area contributed by atoms with Crippen molar-refractivity contribution < 1.29 is 18.7 Å². The molecule has 110 valence electrons. The first-order valence-corrected chi connectivity index (χ1v) is 6.42. The third-order valence-electron chi connectivity index (χ3n) is 2.55. The smallest absolute Gasteiger partial charge is 0.408 e. The van der Waals surface area contributed by atoms with E-state index in [4.69, 9.17) is 4.74 Å². The van der Waals surface area contributed by atoms with Gasteiger partial charge in [-0.25, -0.2) is 9.18 Å². The summed E-state index contributed by atoms with van der Waals surface area (Å²) in [6.07, 6.45) is -0.0473. The van der Waals surface area contributed by atoms with Gasteiger partial charge in [-0.05, 0) is 33.8 Å². The molecule has 1 aromatic rings. The number of benzene rings is 1. The molecule has 1 aromatic carbocycles. The van der Waals surface area contributed by atoms with Crippen molar-refractivity contribution in [2.75, 3.05) is 0 Å². The Morgan fingerprint density at radius 1 is 1.45 bits per heavy atom. The second kappa shape index (κ2) is 6.50. The van der Waals surface area contributed by atoms with Crippen LogP contribution >= 0.6 is 0 Å². The van der Waals surface area contributed by atoms with Gasteiger partial charge < -0.3 is 14.8 Å². The van der Waals surface area contributed by atoms with Crippen LogP contribution < -0.4 is 5.32 Å². The van der Waals surface area contributed by atoms with Crippen molar-refractivity contribution in [1.82, 2.24) is 5.32 Å². The fourth-order valence-electron chi connectivity index (χ4n) is 1.74. The number of rotatable bonds is 4. The lowest BCUT2D eigenvalue weighted by Gasteiger charge is -2.23. The molecule has 0 bridgehead atoms. The zero-order valence-electron chi connectivity index (χ0n) is 12.2. The first-order valence-electron chi connectivity index (χ1n) is 6.42. The van der Waals surface area contributed by atoms with Gasteiger partial charge in [0.1, 0.15) is 17.7 Å². The van der Waals surface area contributed by atoms with Crippen molar-refractivity contribution in [1.29, 1.82) is 0 Å². The fraction of sp³-hybridized carbons (Fsp3) is 0.467. The number of aldehydes is 1. The van der Waals surface area contributed by atoms with Crippen molar-refractivity contribution >= 4 is 12.4 Å². The molecule has 0 heterocycles. The summed E-state index contributed by atoms with van der Waals surface area (Å²) in [6, 6.07) is 3.83. The summed E-state index contributed by atoms with van der Waals surface area (Å²) >= 11 is 0. The standard InChI is InChI=1S/C15H20FNO3/c1-10-5-6-12(16)11(9-10)13(7-8-18)17-14(19)20-15(2,3)4/h5-6,8-9,13H,7H2,1-4H3,(H,17,19)/t13-/m0/s1. The van der Waals surface area contributed by atoms with Crippen molar-refractivity contribution in [3.63, 3.8) is 0 Å². The number of halogens is 1. The van der Waals surface area contributed by atoms with E-state index in [1.807, 2.05) is 6.92 Å². The fourth-order valence-corrected chi connectivity index (χ4v) is 1.74. The van der Waals surface area contributed by atoms with E-state index in [-0.39, 0.29) is 12.0 Å². The third-order valence-corrected chi connectivity index (χ3v) is 2.55. The van der Waals surface area contributed by atoms with Crippen LogP contribution in [0, 0.1) is 12.7 Å². The molecule has 0 aromatic heterocycles. The lowest BCUT2D eigenvalue weighted by Crippen LogP contribution is -2.35. The monoisotopic (exact) mass is 281 g/mol. The Kier molecular flexibility index (Phi) is 5.25. The van der Waals surface area contributed by atoms with Crippen LogP contribution in [-0.2, 0) is 9.53 Å². The van der Waals surface area contributed by atoms with E-state index >= 15 is 0 Å². The summed E-state index contributed by atoms with van der Waals surface area (Å²) in [5.41, 5.74) is 0.479. The van der Waals surface area contributed by atoms with E-state index in [1.165, 1.54) is 6.07 Å². The molecule has 20 heavy (non-hydrogen) atoms. The molecule has 0 saturated heterocycles. The molecule has 0 radical (unpaired) electrons. The number of amides is 1. The number of aryl methyl sites for hydroxylation is 1. The summed E-state index contributed by atoms with van der Waals surface area (Å²) in [5.74, 6) is -0.460. The molecule has 0 aliphatic rings. The van der Waals surface area contributed by atoms with E-state index < -0.39 is 23.6 Å². The number of ether oxygens (including phenoxy) is 1. The molecule has 0 saturated carbocycles. The van der Waals surface area contributed by atoms with Crippen LogP contribution in [0.3, 0.4) is 0 Å². The lowest BCUT2D eigenvalue weighted by atomic mass is 10.0. The maximum absolute atomic E-state index is 13.8. The summed E-state index contributed by atoms with van der Waals surface area (Å²) in [4.78, 5) is 22.5. The molecule has 1 amide bonds. The molecule has 1 atom stereocenters. The first kappa shape index (κ1) is 16.1. The van der Waals surface area contributed by atoms with Gasteiger partial charge in [-0.2, -0.15) is 0 Å². The SMILES string of the molecule is Cc1ccc(F)c([C@H](CC=O)NC(=O)OC(C)(C)C)c1. The molecule has 0 aliphatic carbocycles. The minimum atomic E-state index is -0.734. The summed E-state index contributed by atoms with van der Waals surface area (Å²) < 4.78 is 18.9. The normalized spacial score (nSPS) is 12.7. The van der Waals surface area contributed by atoms with E-state index in [9.17, 15) is 14.0 Å². The molecular weight excluding hydrogens is 261 g/mol. The highest BCUT2D eigenvalue weighted by molar-refractivity contribution is 5.69. The van der Waals surface area contributed by atoms with Crippen molar-refractivity contribution in [2.45, 2.75) is 45.8 Å². The molecule has 5 heteroatoms. The lowest BCUT2D eigenvalue weighted by molar-refractivity contribution is -0.108. The first-order chi connectivity index (χ1) is 9.23. The molecular formula is C15H20FNO3. The highest BCUT2D eigenvalue weighted by Crippen LogP contribution is 2.21. The largest absolute Gasteiger partial charge is 0.444 e. The van der Waals surface area contributed by atoms with Gasteiger partial charge in [0, 0.05) is 12.0 Å². The van der Waals surface area contributed by atoms with Crippen molar-refractivity contribution in [3.8, 4) is 0 Å². The molecule has 1 rings (SSSR count). The molecule has 0 spiro atoms. The Bertz CT molecular complexity index is 494. The summed E-state index contributed by atoms with van der Waals surface area (Å²) in [5, 5.41) is 2.53. The van der Waals surface area contributed by atoms with Gasteiger partial charge in [-0.15, -0.1) is 0 Å². The molecule has 0 aliphatic heterocycles. The number of carbonyl (C=O) groups is 2. The second-order valence-corrected chi connectivity index (χ2v) is 5.63.